The van der Waals surface area contributed by atoms with Crippen LogP contribution in [-0.4, -0.2) is 18.1 Å². The Labute approximate surface area is 90.4 Å². The number of nitrogens with zero attached hydrogens (tertiary/aromatic N) is 3. The first-order chi connectivity index (χ1) is 7.20. The zero-order valence-corrected chi connectivity index (χ0v) is 9.14. The summed E-state index contributed by atoms with van der Waals surface area (Å²) < 4.78 is 0. The van der Waals surface area contributed by atoms with E-state index in [1.807, 2.05) is 12.1 Å². The van der Waals surface area contributed by atoms with Crippen molar-refractivity contribution in [3.05, 3.63) is 24.0 Å². The number of pyridine rings is 1. The Morgan fingerprint density at radius 1 is 1.33 bits per heavy atom. The Morgan fingerprint density at radius 3 is 2.47 bits per heavy atom. The van der Waals surface area contributed by atoms with Crippen molar-refractivity contribution in [3.8, 4) is 6.07 Å². The van der Waals surface area contributed by atoms with Crippen molar-refractivity contribution in [2.24, 2.45) is 11.8 Å². The third kappa shape index (κ3) is 1.94. The van der Waals surface area contributed by atoms with E-state index in [-0.39, 0.29) is 0 Å². The molecule has 0 N–H and O–H groups in total. The topological polar surface area (TPSA) is 39.9 Å². The maximum atomic E-state index is 8.65. The minimum absolute atomic E-state index is 0.485. The van der Waals surface area contributed by atoms with Crippen molar-refractivity contribution in [3.63, 3.8) is 0 Å². The summed E-state index contributed by atoms with van der Waals surface area (Å²) in [6, 6.07) is 5.80. The maximum absolute atomic E-state index is 8.65. The summed E-state index contributed by atoms with van der Waals surface area (Å²) >= 11 is 0. The number of rotatable bonds is 1. The molecule has 0 spiro atoms. The maximum Gasteiger partial charge on any atom is 0.140 e. The van der Waals surface area contributed by atoms with Crippen LogP contribution in [0.2, 0.25) is 0 Å². The average Bonchev–Trinajstić information content (AvgIpc) is 2.59. The lowest BCUT2D eigenvalue weighted by molar-refractivity contribution is 0.494. The molecule has 0 bridgehead atoms. The van der Waals surface area contributed by atoms with Gasteiger partial charge in [-0.25, -0.2) is 4.98 Å². The standard InChI is InChI=1S/C12H15N3/c1-9-7-15(8-10(9)2)12-4-3-11(5-13)14-6-12/h3-4,6,9-10H,7-8H2,1-2H3. The van der Waals surface area contributed by atoms with Crippen molar-refractivity contribution in [2.75, 3.05) is 18.0 Å². The van der Waals surface area contributed by atoms with E-state index in [4.69, 9.17) is 5.26 Å². The molecule has 1 fully saturated rings. The van der Waals surface area contributed by atoms with Gasteiger partial charge in [-0.2, -0.15) is 5.26 Å². The molecular weight excluding hydrogens is 186 g/mol. The van der Waals surface area contributed by atoms with E-state index >= 15 is 0 Å². The first-order valence-corrected chi connectivity index (χ1v) is 5.32. The predicted octanol–water partition coefficient (Wildman–Crippen LogP) is 2.05. The highest BCUT2D eigenvalue weighted by Crippen LogP contribution is 2.26. The van der Waals surface area contributed by atoms with Crippen molar-refractivity contribution in [1.82, 2.24) is 4.98 Å². The van der Waals surface area contributed by atoms with Gasteiger partial charge in [0.15, 0.2) is 0 Å². The largest absolute Gasteiger partial charge is 0.370 e. The van der Waals surface area contributed by atoms with Crippen molar-refractivity contribution in [1.29, 1.82) is 5.26 Å². The molecule has 3 heteroatoms. The quantitative estimate of drug-likeness (QED) is 0.698. The summed E-state index contributed by atoms with van der Waals surface area (Å²) in [5, 5.41) is 8.65. The van der Waals surface area contributed by atoms with E-state index in [0.29, 0.717) is 5.69 Å². The van der Waals surface area contributed by atoms with Gasteiger partial charge in [-0.1, -0.05) is 13.8 Å². The Balaban J connectivity index is 2.14. The van der Waals surface area contributed by atoms with Gasteiger partial charge in [0.2, 0.25) is 0 Å². The predicted molar refractivity (Wildman–Crippen MR) is 59.5 cm³/mol. The van der Waals surface area contributed by atoms with Crippen LogP contribution in [0.15, 0.2) is 18.3 Å². The molecule has 2 atom stereocenters. The minimum atomic E-state index is 0.485. The molecule has 1 saturated heterocycles. The third-order valence-electron chi connectivity index (χ3n) is 3.22. The summed E-state index contributed by atoms with van der Waals surface area (Å²) in [4.78, 5) is 6.43. The molecule has 0 aliphatic carbocycles. The van der Waals surface area contributed by atoms with Crippen LogP contribution in [0.1, 0.15) is 19.5 Å². The lowest BCUT2D eigenvalue weighted by atomic mass is 10.0. The van der Waals surface area contributed by atoms with Crippen LogP contribution in [0.25, 0.3) is 0 Å². The summed E-state index contributed by atoms with van der Waals surface area (Å²) in [7, 11) is 0. The Hall–Kier alpha value is -1.56. The summed E-state index contributed by atoms with van der Waals surface area (Å²) in [6.45, 7) is 6.74. The molecule has 0 saturated carbocycles. The van der Waals surface area contributed by atoms with Gasteiger partial charge < -0.3 is 4.90 Å². The highest BCUT2D eigenvalue weighted by molar-refractivity contribution is 5.47. The second-order valence-corrected chi connectivity index (χ2v) is 4.37. The smallest absolute Gasteiger partial charge is 0.140 e. The second-order valence-electron chi connectivity index (χ2n) is 4.37. The second kappa shape index (κ2) is 3.90. The number of anilines is 1. The monoisotopic (exact) mass is 201 g/mol. The van der Waals surface area contributed by atoms with Gasteiger partial charge in [0.05, 0.1) is 11.9 Å². The van der Waals surface area contributed by atoms with Crippen LogP contribution >= 0.6 is 0 Å². The molecule has 1 aliphatic heterocycles. The van der Waals surface area contributed by atoms with E-state index < -0.39 is 0 Å². The molecule has 0 aromatic carbocycles. The summed E-state index contributed by atoms with van der Waals surface area (Å²) in [6.07, 6.45) is 1.79. The molecule has 3 nitrogen and oxygen atoms in total. The van der Waals surface area contributed by atoms with Gasteiger partial charge in [0.1, 0.15) is 11.8 Å². The van der Waals surface area contributed by atoms with Crippen molar-refractivity contribution >= 4 is 5.69 Å². The molecule has 1 aromatic heterocycles. The van der Waals surface area contributed by atoms with Gasteiger partial charge in [-0.3, -0.25) is 0 Å². The SMILES string of the molecule is CC1CN(c2ccc(C#N)nc2)CC1C. The van der Waals surface area contributed by atoms with Crippen molar-refractivity contribution < 1.29 is 0 Å². The van der Waals surface area contributed by atoms with Gasteiger partial charge in [0, 0.05) is 13.1 Å². The van der Waals surface area contributed by atoms with Crippen LogP contribution < -0.4 is 4.90 Å². The Bertz CT molecular complexity index is 367. The molecule has 15 heavy (non-hydrogen) atoms. The number of aromatic nitrogens is 1. The molecule has 0 amide bonds. The first-order valence-electron chi connectivity index (χ1n) is 5.32. The normalized spacial score (nSPS) is 25.3. The van der Waals surface area contributed by atoms with Crippen molar-refractivity contribution in [2.45, 2.75) is 13.8 Å². The molecule has 2 rings (SSSR count). The molecule has 1 aliphatic rings. The third-order valence-corrected chi connectivity index (χ3v) is 3.22. The summed E-state index contributed by atoms with van der Waals surface area (Å²) in [5.41, 5.74) is 1.62. The minimum Gasteiger partial charge on any atom is -0.370 e. The van der Waals surface area contributed by atoms with E-state index in [9.17, 15) is 0 Å². The Kier molecular flexibility index (Phi) is 2.59. The average molecular weight is 201 g/mol. The van der Waals surface area contributed by atoms with Crippen LogP contribution in [0.3, 0.4) is 0 Å². The molecule has 2 heterocycles. The highest BCUT2D eigenvalue weighted by atomic mass is 15.2. The van der Waals surface area contributed by atoms with E-state index in [1.54, 1.807) is 12.3 Å². The zero-order valence-electron chi connectivity index (χ0n) is 9.14. The number of hydrogen-bond acceptors (Lipinski definition) is 3. The van der Waals surface area contributed by atoms with E-state index in [1.165, 1.54) is 0 Å². The number of hydrogen-bond donors (Lipinski definition) is 0. The summed E-state index contributed by atoms with van der Waals surface area (Å²) in [5.74, 6) is 1.47. The van der Waals surface area contributed by atoms with Gasteiger partial charge in [-0.05, 0) is 24.0 Å². The van der Waals surface area contributed by atoms with Gasteiger partial charge >= 0.3 is 0 Å². The fourth-order valence-electron chi connectivity index (χ4n) is 1.98. The first kappa shape index (κ1) is 9.97. The van der Waals surface area contributed by atoms with Crippen LogP contribution in [0.4, 0.5) is 5.69 Å². The fraction of sp³-hybridized carbons (Fsp3) is 0.500. The van der Waals surface area contributed by atoms with E-state index in [0.717, 1.165) is 30.6 Å². The lowest BCUT2D eigenvalue weighted by Gasteiger charge is -2.17. The van der Waals surface area contributed by atoms with Gasteiger partial charge in [0.25, 0.3) is 0 Å². The molecule has 78 valence electrons. The van der Waals surface area contributed by atoms with Crippen LogP contribution in [-0.2, 0) is 0 Å². The highest BCUT2D eigenvalue weighted by Gasteiger charge is 2.26. The lowest BCUT2D eigenvalue weighted by Crippen LogP contribution is -2.19. The van der Waals surface area contributed by atoms with E-state index in [2.05, 4.69) is 23.7 Å². The van der Waals surface area contributed by atoms with Gasteiger partial charge in [-0.15, -0.1) is 0 Å². The molecule has 2 unspecified atom stereocenters. The Morgan fingerprint density at radius 2 is 2.00 bits per heavy atom. The number of nitriles is 1. The molecule has 0 radical (unpaired) electrons. The van der Waals surface area contributed by atoms with Crippen LogP contribution in [0.5, 0.6) is 0 Å². The fourth-order valence-corrected chi connectivity index (χ4v) is 1.98. The molecule has 1 aromatic rings. The molecular formula is C12H15N3. The van der Waals surface area contributed by atoms with Crippen LogP contribution in [0, 0.1) is 23.2 Å². The zero-order chi connectivity index (χ0) is 10.8.